The standard InChI is InChI=1S/C18H18O/c1-18(2)11-10-17(19)16(12-18)15-9-5-7-13-6-3-4-8-14(13)15/h3-11,16H,12H2,1-2H3. The zero-order valence-electron chi connectivity index (χ0n) is 11.4. The summed E-state index contributed by atoms with van der Waals surface area (Å²) in [5, 5.41) is 2.41. The van der Waals surface area contributed by atoms with Crippen LogP contribution in [0.2, 0.25) is 0 Å². The Morgan fingerprint density at radius 1 is 1.05 bits per heavy atom. The van der Waals surface area contributed by atoms with Crippen LogP contribution in [0.25, 0.3) is 10.8 Å². The van der Waals surface area contributed by atoms with E-state index in [4.69, 9.17) is 0 Å². The predicted octanol–water partition coefficient (Wildman–Crippen LogP) is 4.48. The van der Waals surface area contributed by atoms with Gasteiger partial charge >= 0.3 is 0 Å². The molecule has 0 amide bonds. The Bertz CT molecular complexity index is 659. The Labute approximate surface area is 113 Å². The van der Waals surface area contributed by atoms with Gasteiger partial charge in [0.25, 0.3) is 0 Å². The van der Waals surface area contributed by atoms with Crippen LogP contribution in [-0.4, -0.2) is 5.78 Å². The van der Waals surface area contributed by atoms with Gasteiger partial charge in [-0.15, -0.1) is 0 Å². The fourth-order valence-electron chi connectivity index (χ4n) is 2.94. The average Bonchev–Trinajstić information content (AvgIpc) is 2.41. The molecule has 3 rings (SSSR count). The molecule has 0 radical (unpaired) electrons. The molecule has 0 heterocycles. The zero-order chi connectivity index (χ0) is 13.5. The van der Waals surface area contributed by atoms with E-state index >= 15 is 0 Å². The van der Waals surface area contributed by atoms with Crippen molar-refractivity contribution in [2.24, 2.45) is 5.41 Å². The van der Waals surface area contributed by atoms with Gasteiger partial charge in [0.05, 0.1) is 0 Å². The van der Waals surface area contributed by atoms with Crippen molar-refractivity contribution in [3.8, 4) is 0 Å². The highest BCUT2D eigenvalue weighted by Crippen LogP contribution is 2.39. The van der Waals surface area contributed by atoms with Crippen LogP contribution in [0.4, 0.5) is 0 Å². The van der Waals surface area contributed by atoms with Crippen LogP contribution < -0.4 is 0 Å². The summed E-state index contributed by atoms with van der Waals surface area (Å²) in [6.07, 6.45) is 4.68. The summed E-state index contributed by atoms with van der Waals surface area (Å²) in [5.74, 6) is 0.224. The van der Waals surface area contributed by atoms with Crippen molar-refractivity contribution in [3.05, 3.63) is 60.2 Å². The Hall–Kier alpha value is -1.89. The van der Waals surface area contributed by atoms with E-state index in [1.54, 1.807) is 6.08 Å². The molecule has 1 aliphatic rings. The van der Waals surface area contributed by atoms with E-state index in [1.807, 2.05) is 18.2 Å². The summed E-state index contributed by atoms with van der Waals surface area (Å²) in [6, 6.07) is 14.6. The normalized spacial score (nSPS) is 21.8. The van der Waals surface area contributed by atoms with Crippen molar-refractivity contribution < 1.29 is 4.79 Å². The van der Waals surface area contributed by atoms with Crippen LogP contribution in [0.3, 0.4) is 0 Å². The van der Waals surface area contributed by atoms with Crippen LogP contribution in [0.15, 0.2) is 54.6 Å². The van der Waals surface area contributed by atoms with E-state index in [9.17, 15) is 4.79 Å². The topological polar surface area (TPSA) is 17.1 Å². The van der Waals surface area contributed by atoms with Gasteiger partial charge < -0.3 is 0 Å². The third-order valence-corrected chi connectivity index (χ3v) is 3.97. The maximum Gasteiger partial charge on any atom is 0.162 e. The van der Waals surface area contributed by atoms with Gasteiger partial charge in [0, 0.05) is 5.92 Å². The second kappa shape index (κ2) is 4.34. The van der Waals surface area contributed by atoms with Gasteiger partial charge in [-0.2, -0.15) is 0 Å². The molecule has 0 spiro atoms. The smallest absolute Gasteiger partial charge is 0.162 e. The molecule has 0 bridgehead atoms. The number of ketones is 1. The maximum atomic E-state index is 12.2. The van der Waals surface area contributed by atoms with Gasteiger partial charge in [-0.1, -0.05) is 62.4 Å². The summed E-state index contributed by atoms with van der Waals surface area (Å²) in [6.45, 7) is 4.38. The predicted molar refractivity (Wildman–Crippen MR) is 79.2 cm³/mol. The minimum Gasteiger partial charge on any atom is -0.294 e. The maximum absolute atomic E-state index is 12.2. The Morgan fingerprint density at radius 2 is 1.79 bits per heavy atom. The number of hydrogen-bond acceptors (Lipinski definition) is 1. The number of carbonyl (C=O) groups excluding carboxylic acids is 1. The fourth-order valence-corrected chi connectivity index (χ4v) is 2.94. The number of carbonyl (C=O) groups is 1. The number of hydrogen-bond donors (Lipinski definition) is 0. The summed E-state index contributed by atoms with van der Waals surface area (Å²) >= 11 is 0. The van der Waals surface area contributed by atoms with Crippen molar-refractivity contribution in [1.29, 1.82) is 0 Å². The first-order chi connectivity index (χ1) is 9.07. The molecule has 0 N–H and O–H groups in total. The minimum absolute atomic E-state index is 0.00824. The lowest BCUT2D eigenvalue weighted by Crippen LogP contribution is -2.24. The van der Waals surface area contributed by atoms with Crippen LogP contribution in [-0.2, 0) is 4.79 Å². The van der Waals surface area contributed by atoms with Crippen molar-refractivity contribution in [1.82, 2.24) is 0 Å². The molecule has 1 heteroatoms. The minimum atomic E-state index is -0.00824. The molecular weight excluding hydrogens is 232 g/mol. The summed E-state index contributed by atoms with van der Waals surface area (Å²) in [5.41, 5.74) is 1.26. The first-order valence-corrected chi connectivity index (χ1v) is 6.78. The molecule has 1 unspecified atom stereocenters. The van der Waals surface area contributed by atoms with Crippen LogP contribution in [0.1, 0.15) is 31.7 Å². The van der Waals surface area contributed by atoms with Gasteiger partial charge in [0.2, 0.25) is 0 Å². The van der Waals surface area contributed by atoms with E-state index in [1.165, 1.54) is 16.3 Å². The second-order valence-corrected chi connectivity index (χ2v) is 6.05. The van der Waals surface area contributed by atoms with Gasteiger partial charge in [0.1, 0.15) is 0 Å². The molecule has 1 aliphatic carbocycles. The Kier molecular flexibility index (Phi) is 2.78. The molecule has 0 aliphatic heterocycles. The van der Waals surface area contributed by atoms with E-state index in [-0.39, 0.29) is 17.1 Å². The number of allylic oxidation sites excluding steroid dienone is 2. The molecule has 2 aromatic rings. The average molecular weight is 250 g/mol. The van der Waals surface area contributed by atoms with E-state index < -0.39 is 0 Å². The fraction of sp³-hybridized carbons (Fsp3) is 0.278. The number of fused-ring (bicyclic) bond motifs is 1. The lowest BCUT2D eigenvalue weighted by atomic mass is 9.73. The highest BCUT2D eigenvalue weighted by atomic mass is 16.1. The van der Waals surface area contributed by atoms with Gasteiger partial charge in [-0.05, 0) is 34.2 Å². The number of benzene rings is 2. The largest absolute Gasteiger partial charge is 0.294 e. The van der Waals surface area contributed by atoms with E-state index in [0.717, 1.165) is 6.42 Å². The second-order valence-electron chi connectivity index (χ2n) is 6.05. The lowest BCUT2D eigenvalue weighted by molar-refractivity contribution is -0.117. The summed E-state index contributed by atoms with van der Waals surface area (Å²) in [7, 11) is 0. The molecular formula is C18H18O. The van der Waals surface area contributed by atoms with Crippen molar-refractivity contribution in [2.45, 2.75) is 26.2 Å². The summed E-state index contributed by atoms with van der Waals surface area (Å²) < 4.78 is 0. The molecule has 1 nitrogen and oxygen atoms in total. The molecule has 0 fully saturated rings. The van der Waals surface area contributed by atoms with Crippen LogP contribution >= 0.6 is 0 Å². The molecule has 1 atom stereocenters. The van der Waals surface area contributed by atoms with E-state index in [0.29, 0.717) is 0 Å². The molecule has 2 aromatic carbocycles. The monoisotopic (exact) mass is 250 g/mol. The molecule has 19 heavy (non-hydrogen) atoms. The first kappa shape index (κ1) is 12.2. The molecule has 0 saturated heterocycles. The van der Waals surface area contributed by atoms with Gasteiger partial charge in [-0.25, -0.2) is 0 Å². The Morgan fingerprint density at radius 3 is 2.63 bits per heavy atom. The number of rotatable bonds is 1. The van der Waals surface area contributed by atoms with Crippen LogP contribution in [0, 0.1) is 5.41 Å². The van der Waals surface area contributed by atoms with Crippen molar-refractivity contribution in [2.75, 3.05) is 0 Å². The van der Waals surface area contributed by atoms with Gasteiger partial charge in [-0.3, -0.25) is 4.79 Å². The lowest BCUT2D eigenvalue weighted by Gasteiger charge is -2.30. The molecule has 96 valence electrons. The van der Waals surface area contributed by atoms with E-state index in [2.05, 4.69) is 44.2 Å². The SMILES string of the molecule is CC1(C)C=CC(=O)C(c2cccc3ccccc23)C1. The van der Waals surface area contributed by atoms with Crippen LogP contribution in [0.5, 0.6) is 0 Å². The Balaban J connectivity index is 2.15. The third kappa shape index (κ3) is 2.21. The van der Waals surface area contributed by atoms with Gasteiger partial charge in [0.15, 0.2) is 5.78 Å². The third-order valence-electron chi connectivity index (χ3n) is 3.97. The summed E-state index contributed by atoms with van der Waals surface area (Å²) in [4.78, 5) is 12.2. The highest BCUT2D eigenvalue weighted by Gasteiger charge is 2.31. The molecule has 0 saturated carbocycles. The van der Waals surface area contributed by atoms with Crippen molar-refractivity contribution >= 4 is 16.6 Å². The first-order valence-electron chi connectivity index (χ1n) is 6.78. The molecule has 0 aromatic heterocycles. The quantitative estimate of drug-likeness (QED) is 0.729. The highest BCUT2D eigenvalue weighted by molar-refractivity contribution is 6.00. The zero-order valence-corrected chi connectivity index (χ0v) is 11.4. The van der Waals surface area contributed by atoms with Crippen molar-refractivity contribution in [3.63, 3.8) is 0 Å².